The quantitative estimate of drug-likeness (QED) is 0.776. The first-order valence-corrected chi connectivity index (χ1v) is 5.17. The Kier molecular flexibility index (Phi) is 2.82. The molecule has 0 saturated carbocycles. The van der Waals surface area contributed by atoms with Crippen LogP contribution in [0.4, 0.5) is 11.4 Å². The number of nitrogen functional groups attached to an aromatic ring is 1. The Labute approximate surface area is 98.6 Å². The third-order valence-electron chi connectivity index (χ3n) is 2.68. The normalized spacial score (nSPS) is 10.2. The average molecular weight is 231 g/mol. The van der Waals surface area contributed by atoms with E-state index in [0.717, 1.165) is 11.1 Å². The summed E-state index contributed by atoms with van der Waals surface area (Å²) in [6, 6.07) is 5.17. The minimum absolute atomic E-state index is 0.227. The van der Waals surface area contributed by atoms with E-state index in [2.05, 4.69) is 15.0 Å². The molecule has 0 aliphatic carbocycles. The Balaban J connectivity index is 2.31. The number of amides is 1. The lowest BCUT2D eigenvalue weighted by molar-refractivity contribution is 0.101. The average Bonchev–Trinajstić information content (AvgIpc) is 2.83. The van der Waals surface area contributed by atoms with Gasteiger partial charge in [-0.15, -0.1) is 0 Å². The van der Waals surface area contributed by atoms with Gasteiger partial charge in [0.05, 0.1) is 11.4 Å². The molecule has 1 aromatic heterocycles. The molecule has 1 amide bonds. The van der Waals surface area contributed by atoms with Crippen molar-refractivity contribution in [1.82, 2.24) is 5.16 Å². The Hall–Kier alpha value is -2.30. The van der Waals surface area contributed by atoms with Crippen LogP contribution in [0.15, 0.2) is 29.0 Å². The van der Waals surface area contributed by atoms with E-state index in [-0.39, 0.29) is 11.6 Å². The fraction of sp³-hybridized carbons (Fsp3) is 0.167. The summed E-state index contributed by atoms with van der Waals surface area (Å²) in [6.07, 6.45) is 1.35. The maximum absolute atomic E-state index is 11.8. The van der Waals surface area contributed by atoms with Crippen molar-refractivity contribution < 1.29 is 9.32 Å². The first-order valence-electron chi connectivity index (χ1n) is 5.17. The molecule has 1 aromatic carbocycles. The summed E-state index contributed by atoms with van der Waals surface area (Å²) in [7, 11) is 0. The maximum atomic E-state index is 11.8. The second kappa shape index (κ2) is 4.29. The van der Waals surface area contributed by atoms with Crippen molar-refractivity contribution in [2.24, 2.45) is 0 Å². The number of rotatable bonds is 2. The first kappa shape index (κ1) is 11.2. The third kappa shape index (κ3) is 2.13. The van der Waals surface area contributed by atoms with Crippen LogP contribution in [0.1, 0.15) is 21.6 Å². The number of nitrogens with zero attached hydrogens (tertiary/aromatic N) is 1. The van der Waals surface area contributed by atoms with Gasteiger partial charge in [0.25, 0.3) is 5.91 Å². The van der Waals surface area contributed by atoms with Crippen LogP contribution in [0.5, 0.6) is 0 Å². The highest BCUT2D eigenvalue weighted by atomic mass is 16.5. The van der Waals surface area contributed by atoms with Crippen LogP contribution in [-0.2, 0) is 0 Å². The fourth-order valence-corrected chi connectivity index (χ4v) is 1.51. The molecule has 88 valence electrons. The van der Waals surface area contributed by atoms with Crippen LogP contribution in [0.3, 0.4) is 0 Å². The largest absolute Gasteiger partial charge is 0.397 e. The summed E-state index contributed by atoms with van der Waals surface area (Å²) in [5.41, 5.74) is 9.23. The maximum Gasteiger partial charge on any atom is 0.277 e. The molecule has 17 heavy (non-hydrogen) atoms. The van der Waals surface area contributed by atoms with Crippen LogP contribution in [0, 0.1) is 13.8 Å². The highest BCUT2D eigenvalue weighted by Crippen LogP contribution is 2.26. The number of carbonyl (C=O) groups excluding carboxylic acids is 1. The van der Waals surface area contributed by atoms with E-state index in [1.807, 2.05) is 19.9 Å². The molecule has 1 heterocycles. The standard InChI is InChI=1S/C12H13N3O2/c1-7-3-4-9(13)11(8(7)2)14-12(16)10-5-6-17-15-10/h3-6H,13H2,1-2H3,(H,14,16). The number of nitrogens with two attached hydrogens (primary N) is 1. The highest BCUT2D eigenvalue weighted by Gasteiger charge is 2.13. The zero-order chi connectivity index (χ0) is 12.4. The van der Waals surface area contributed by atoms with Gasteiger partial charge >= 0.3 is 0 Å². The molecule has 0 bridgehead atoms. The SMILES string of the molecule is Cc1ccc(N)c(NC(=O)c2ccon2)c1C. The second-order valence-corrected chi connectivity index (χ2v) is 3.81. The number of nitrogens with one attached hydrogen (secondary N) is 1. The molecule has 0 spiro atoms. The van der Waals surface area contributed by atoms with E-state index < -0.39 is 0 Å². The molecule has 0 aliphatic heterocycles. The van der Waals surface area contributed by atoms with E-state index >= 15 is 0 Å². The zero-order valence-corrected chi connectivity index (χ0v) is 9.65. The Morgan fingerprint density at radius 2 is 2.12 bits per heavy atom. The van der Waals surface area contributed by atoms with E-state index in [9.17, 15) is 4.79 Å². The summed E-state index contributed by atoms with van der Waals surface area (Å²) < 4.78 is 4.62. The van der Waals surface area contributed by atoms with Gasteiger partial charge < -0.3 is 15.6 Å². The molecule has 2 rings (SSSR count). The van der Waals surface area contributed by atoms with Gasteiger partial charge in [-0.05, 0) is 31.0 Å². The van der Waals surface area contributed by atoms with Gasteiger partial charge in [-0.3, -0.25) is 4.79 Å². The van der Waals surface area contributed by atoms with Gasteiger partial charge in [-0.1, -0.05) is 11.2 Å². The van der Waals surface area contributed by atoms with Crippen LogP contribution >= 0.6 is 0 Å². The molecule has 2 aromatic rings. The fourth-order valence-electron chi connectivity index (χ4n) is 1.51. The number of hydrogen-bond acceptors (Lipinski definition) is 4. The van der Waals surface area contributed by atoms with E-state index in [1.54, 1.807) is 6.07 Å². The number of carbonyl (C=O) groups is 1. The Morgan fingerprint density at radius 1 is 1.35 bits per heavy atom. The lowest BCUT2D eigenvalue weighted by Crippen LogP contribution is -2.14. The molecular weight excluding hydrogens is 218 g/mol. The summed E-state index contributed by atoms with van der Waals surface area (Å²) >= 11 is 0. The Morgan fingerprint density at radius 3 is 2.76 bits per heavy atom. The number of benzene rings is 1. The van der Waals surface area contributed by atoms with Gasteiger partial charge in [-0.2, -0.15) is 0 Å². The molecule has 0 aliphatic rings. The topological polar surface area (TPSA) is 81.1 Å². The van der Waals surface area contributed by atoms with Crippen molar-refractivity contribution >= 4 is 17.3 Å². The molecule has 3 N–H and O–H groups in total. The molecule has 5 nitrogen and oxygen atoms in total. The van der Waals surface area contributed by atoms with Crippen molar-refractivity contribution in [3.63, 3.8) is 0 Å². The molecule has 0 radical (unpaired) electrons. The van der Waals surface area contributed by atoms with Crippen LogP contribution < -0.4 is 11.1 Å². The number of anilines is 2. The second-order valence-electron chi connectivity index (χ2n) is 3.81. The Bertz CT molecular complexity index is 547. The molecule has 0 unspecified atom stereocenters. The minimum Gasteiger partial charge on any atom is -0.397 e. The number of aromatic nitrogens is 1. The summed E-state index contributed by atoms with van der Waals surface area (Å²) in [5, 5.41) is 6.30. The van der Waals surface area contributed by atoms with Gasteiger partial charge in [0.15, 0.2) is 5.69 Å². The molecule has 0 saturated heterocycles. The number of aryl methyl sites for hydroxylation is 1. The lowest BCUT2D eigenvalue weighted by Gasteiger charge is -2.12. The van der Waals surface area contributed by atoms with Crippen LogP contribution in [-0.4, -0.2) is 11.1 Å². The monoisotopic (exact) mass is 231 g/mol. The van der Waals surface area contributed by atoms with E-state index in [1.165, 1.54) is 12.3 Å². The van der Waals surface area contributed by atoms with Crippen molar-refractivity contribution in [2.75, 3.05) is 11.1 Å². The lowest BCUT2D eigenvalue weighted by atomic mass is 10.1. The molecular formula is C12H13N3O2. The predicted octanol–water partition coefficient (Wildman–Crippen LogP) is 2.13. The predicted molar refractivity (Wildman–Crippen MR) is 64.8 cm³/mol. The van der Waals surface area contributed by atoms with Crippen molar-refractivity contribution in [3.05, 3.63) is 41.3 Å². The van der Waals surface area contributed by atoms with E-state index in [4.69, 9.17) is 5.73 Å². The molecule has 0 atom stereocenters. The van der Waals surface area contributed by atoms with Crippen LogP contribution in [0.2, 0.25) is 0 Å². The zero-order valence-electron chi connectivity index (χ0n) is 9.65. The minimum atomic E-state index is -0.334. The summed E-state index contributed by atoms with van der Waals surface area (Å²) in [6.45, 7) is 3.87. The van der Waals surface area contributed by atoms with Gasteiger partial charge in [0, 0.05) is 6.07 Å². The van der Waals surface area contributed by atoms with Crippen molar-refractivity contribution in [1.29, 1.82) is 0 Å². The third-order valence-corrected chi connectivity index (χ3v) is 2.68. The smallest absolute Gasteiger partial charge is 0.277 e. The van der Waals surface area contributed by atoms with Gasteiger partial charge in [0.2, 0.25) is 0 Å². The first-order chi connectivity index (χ1) is 8.09. The van der Waals surface area contributed by atoms with Gasteiger partial charge in [0.1, 0.15) is 6.26 Å². The molecule has 5 heteroatoms. The van der Waals surface area contributed by atoms with Crippen LogP contribution in [0.25, 0.3) is 0 Å². The summed E-state index contributed by atoms with van der Waals surface area (Å²) in [4.78, 5) is 11.8. The van der Waals surface area contributed by atoms with Crippen molar-refractivity contribution in [3.8, 4) is 0 Å². The van der Waals surface area contributed by atoms with Crippen molar-refractivity contribution in [2.45, 2.75) is 13.8 Å². The highest BCUT2D eigenvalue weighted by molar-refractivity contribution is 6.05. The number of hydrogen-bond donors (Lipinski definition) is 2. The van der Waals surface area contributed by atoms with Gasteiger partial charge in [-0.25, -0.2) is 0 Å². The summed E-state index contributed by atoms with van der Waals surface area (Å²) in [5.74, 6) is -0.334. The molecule has 0 fully saturated rings. The van der Waals surface area contributed by atoms with E-state index in [0.29, 0.717) is 11.4 Å².